The van der Waals surface area contributed by atoms with E-state index >= 15 is 0 Å². The van der Waals surface area contributed by atoms with E-state index in [0.29, 0.717) is 48.4 Å². The van der Waals surface area contributed by atoms with Gasteiger partial charge in [0.15, 0.2) is 5.82 Å². The zero-order valence-corrected chi connectivity index (χ0v) is 28.6. The normalized spacial score (nSPS) is 14.3. The molecule has 284 valence electrons. The minimum atomic E-state index is -5.77. The Kier molecular flexibility index (Phi) is 12.3. The molecule has 1 saturated heterocycles. The van der Waals surface area contributed by atoms with Gasteiger partial charge in [-0.1, -0.05) is 11.6 Å². The first-order valence-electron chi connectivity index (χ1n) is 16.2. The number of fused-ring (bicyclic) bond motifs is 6. The van der Waals surface area contributed by atoms with Crippen LogP contribution in [0.5, 0.6) is 0 Å². The topological polar surface area (TPSA) is 171 Å². The number of Topliss-reactive ketones (excluding diaryl/α,β-unsaturated/α-hetero) is 2. The number of pyridine rings is 2. The summed E-state index contributed by atoms with van der Waals surface area (Å²) in [5.41, 5.74) is 5.04. The number of anilines is 6. The lowest BCUT2D eigenvalue weighted by Gasteiger charge is -2.31. The molecular weight excluding hydrogens is 748 g/mol. The Bertz CT molecular complexity index is 1990. The predicted molar refractivity (Wildman–Crippen MR) is 185 cm³/mol. The molecule has 20 heteroatoms. The number of nitrogens with one attached hydrogen (secondary N) is 4. The number of aromatic nitrogens is 4. The third kappa shape index (κ3) is 10.8. The van der Waals surface area contributed by atoms with E-state index in [1.54, 1.807) is 41.8 Å². The second kappa shape index (κ2) is 16.9. The molecule has 6 bridgehead atoms. The zero-order valence-electron chi connectivity index (χ0n) is 27.9. The second-order valence-corrected chi connectivity index (χ2v) is 12.5. The fourth-order valence-electron chi connectivity index (χ4n) is 5.45. The van der Waals surface area contributed by atoms with E-state index in [9.17, 15) is 45.5 Å². The van der Waals surface area contributed by atoms with E-state index in [0.717, 1.165) is 47.5 Å². The van der Waals surface area contributed by atoms with Crippen LogP contribution in [-0.4, -0.2) is 73.8 Å². The molecule has 13 nitrogen and oxygen atoms in total. The Hall–Kier alpha value is -5.85. The van der Waals surface area contributed by atoms with E-state index in [1.165, 1.54) is 0 Å². The van der Waals surface area contributed by atoms with Gasteiger partial charge in [0.25, 0.3) is 0 Å². The van der Waals surface area contributed by atoms with Crippen LogP contribution in [-0.2, 0) is 27.2 Å². The first-order valence-corrected chi connectivity index (χ1v) is 16.5. The predicted octanol–water partition coefficient (Wildman–Crippen LogP) is 7.03. The van der Waals surface area contributed by atoms with Gasteiger partial charge in [0.1, 0.15) is 5.02 Å². The molecule has 6 rings (SSSR count). The fourth-order valence-corrected chi connectivity index (χ4v) is 5.59. The molecule has 4 aromatic rings. The summed E-state index contributed by atoms with van der Waals surface area (Å²) in [6.07, 6.45) is 0.194. The van der Waals surface area contributed by atoms with Crippen molar-refractivity contribution >= 4 is 69.6 Å². The van der Waals surface area contributed by atoms with Crippen molar-refractivity contribution in [2.24, 2.45) is 5.92 Å². The highest BCUT2D eigenvalue weighted by molar-refractivity contribution is 6.41. The van der Waals surface area contributed by atoms with Crippen molar-refractivity contribution in [1.82, 2.24) is 24.8 Å². The van der Waals surface area contributed by atoms with Crippen molar-refractivity contribution in [3.63, 3.8) is 0 Å². The molecule has 4 N–H and O–H groups in total. The van der Waals surface area contributed by atoms with Gasteiger partial charge in [0, 0.05) is 43.3 Å². The number of hydrogen-bond acceptors (Lipinski definition) is 10. The lowest BCUT2D eigenvalue weighted by Crippen LogP contribution is -2.41. The molecule has 0 spiro atoms. The second-order valence-electron chi connectivity index (χ2n) is 12.1. The zero-order chi connectivity index (χ0) is 39.0. The monoisotopic (exact) mass is 777 g/mol. The Labute approximate surface area is 307 Å². The maximum Gasteiger partial charge on any atom is 0.458 e. The number of ketones is 2. The molecule has 54 heavy (non-hydrogen) atoms. The summed E-state index contributed by atoms with van der Waals surface area (Å²) >= 11 is 6.38. The van der Waals surface area contributed by atoms with Gasteiger partial charge < -0.3 is 26.2 Å². The molecule has 0 aliphatic carbocycles. The van der Waals surface area contributed by atoms with Crippen LogP contribution in [0, 0.1) is 5.92 Å². The molecule has 2 aliphatic heterocycles. The Morgan fingerprint density at radius 2 is 1.56 bits per heavy atom. The summed E-state index contributed by atoms with van der Waals surface area (Å²) in [6, 6.07) is 11.3. The molecule has 2 aliphatic rings. The SMILES string of the molecule is O=C(C(=O)C(F)(F)F)C(F)(F)F.O=C(CC1CCN(C(=O)Nc2cccnc2)CC1)Nc1ccc2cc1CCc1cncc(c1)Nc1ncc(Cl)c(n1)N2. The van der Waals surface area contributed by atoms with E-state index in [2.05, 4.69) is 41.2 Å². The van der Waals surface area contributed by atoms with E-state index in [1.807, 2.05) is 30.5 Å². The van der Waals surface area contributed by atoms with E-state index in [-0.39, 0.29) is 17.9 Å². The van der Waals surface area contributed by atoms with Gasteiger partial charge >= 0.3 is 30.0 Å². The molecule has 0 unspecified atom stereocenters. The van der Waals surface area contributed by atoms with Crippen molar-refractivity contribution in [3.05, 3.63) is 83.5 Å². The van der Waals surface area contributed by atoms with Crippen LogP contribution in [0.1, 0.15) is 30.4 Å². The molecule has 0 saturated carbocycles. The number of likely N-dealkylation sites (tertiary alicyclic amines) is 1. The number of piperidine rings is 1. The van der Waals surface area contributed by atoms with Crippen LogP contribution in [0.3, 0.4) is 0 Å². The summed E-state index contributed by atoms with van der Waals surface area (Å²) < 4.78 is 67.0. The summed E-state index contributed by atoms with van der Waals surface area (Å²) in [5, 5.41) is 12.9. The van der Waals surface area contributed by atoms with Crippen molar-refractivity contribution in [2.75, 3.05) is 34.4 Å². The van der Waals surface area contributed by atoms with Gasteiger partial charge in [0.05, 0.1) is 30.0 Å². The van der Waals surface area contributed by atoms with E-state index < -0.39 is 23.9 Å². The first kappa shape index (κ1) is 39.4. The number of carbonyl (C=O) groups is 4. The number of aryl methyl sites for hydroxylation is 2. The highest BCUT2D eigenvalue weighted by Gasteiger charge is 2.54. The number of alkyl halides is 6. The van der Waals surface area contributed by atoms with Crippen LogP contribution in [0.25, 0.3) is 0 Å². The molecule has 1 fully saturated rings. The summed E-state index contributed by atoms with van der Waals surface area (Å²) in [6.45, 7) is 1.20. The van der Waals surface area contributed by atoms with Gasteiger partial charge in [-0.05, 0) is 79.1 Å². The Morgan fingerprint density at radius 3 is 2.22 bits per heavy atom. The average Bonchev–Trinajstić information content (AvgIpc) is 3.13. The van der Waals surface area contributed by atoms with Crippen LogP contribution >= 0.6 is 11.6 Å². The highest BCUT2D eigenvalue weighted by atomic mass is 35.5. The average molecular weight is 778 g/mol. The van der Waals surface area contributed by atoms with Gasteiger partial charge in [-0.3, -0.25) is 24.4 Å². The molecule has 3 aromatic heterocycles. The number of urea groups is 1. The van der Waals surface area contributed by atoms with Gasteiger partial charge in [-0.2, -0.15) is 31.3 Å². The van der Waals surface area contributed by atoms with Crippen LogP contribution in [0.2, 0.25) is 5.02 Å². The lowest BCUT2D eigenvalue weighted by molar-refractivity contribution is -0.193. The Balaban J connectivity index is 0.000000404. The van der Waals surface area contributed by atoms with Crippen LogP contribution < -0.4 is 21.3 Å². The number of hydrogen-bond donors (Lipinski definition) is 4. The van der Waals surface area contributed by atoms with E-state index in [4.69, 9.17) is 11.6 Å². The smallest absolute Gasteiger partial charge is 0.339 e. The third-order valence-electron chi connectivity index (χ3n) is 8.13. The molecule has 1 aromatic carbocycles. The summed E-state index contributed by atoms with van der Waals surface area (Å²) in [4.78, 5) is 64.0. The number of carbonyl (C=O) groups excluding carboxylic acids is 4. The molecular formula is C34H30ClF6N9O4. The molecule has 5 heterocycles. The van der Waals surface area contributed by atoms with Crippen LogP contribution in [0.4, 0.5) is 65.7 Å². The molecule has 3 amide bonds. The van der Waals surface area contributed by atoms with Gasteiger partial charge in [0.2, 0.25) is 11.9 Å². The van der Waals surface area contributed by atoms with Crippen molar-refractivity contribution < 1.29 is 45.5 Å². The standard InChI is InChI=1S/C30H30ClN9O2.C4F6O2/c31-25-18-34-29-36-24-12-20(15-33-17-24)3-4-21-14-22(35-28(25)39-29)5-6-26(21)38-27(41)13-19-7-10-40(11-8-19)30(42)37-23-2-1-9-32-16-23;5-3(6,7)1(11)2(12)4(8,9)10/h1-2,5-6,9,12,14-19H,3-4,7-8,10-11,13H2,(H,37,42)(H,38,41)(H2,34,35,36,39);. The number of nitrogens with zero attached hydrogens (tertiary/aromatic N) is 5. The number of rotatable bonds is 5. The largest absolute Gasteiger partial charge is 0.458 e. The molecule has 0 atom stereocenters. The minimum absolute atomic E-state index is 0.0375. The minimum Gasteiger partial charge on any atom is -0.339 e. The summed E-state index contributed by atoms with van der Waals surface area (Å²) in [5.74, 6) is -5.77. The highest BCUT2D eigenvalue weighted by Crippen LogP contribution is 2.30. The maximum absolute atomic E-state index is 13.2. The number of benzene rings is 1. The molecule has 0 radical (unpaired) electrons. The maximum atomic E-state index is 13.2. The lowest BCUT2D eigenvalue weighted by atomic mass is 9.93. The van der Waals surface area contributed by atoms with Crippen molar-refractivity contribution in [1.29, 1.82) is 0 Å². The third-order valence-corrected chi connectivity index (χ3v) is 8.41. The van der Waals surface area contributed by atoms with Gasteiger partial charge in [-0.25, -0.2) is 9.78 Å². The fraction of sp³-hybridized carbons (Fsp3) is 0.294. The first-order chi connectivity index (χ1) is 25.5. The van der Waals surface area contributed by atoms with Crippen LogP contribution in [0.15, 0.2) is 67.4 Å². The number of halogens is 7. The van der Waals surface area contributed by atoms with Crippen molar-refractivity contribution in [3.8, 4) is 0 Å². The quantitative estimate of drug-likeness (QED) is 0.122. The number of amides is 3. The van der Waals surface area contributed by atoms with Crippen molar-refractivity contribution in [2.45, 2.75) is 44.5 Å². The van der Waals surface area contributed by atoms with Gasteiger partial charge in [-0.15, -0.1) is 0 Å². The Morgan fingerprint density at radius 1 is 0.833 bits per heavy atom. The summed E-state index contributed by atoms with van der Waals surface area (Å²) in [7, 11) is 0.